The summed E-state index contributed by atoms with van der Waals surface area (Å²) in [5.74, 6) is -2.01. The zero-order valence-electron chi connectivity index (χ0n) is 18.8. The van der Waals surface area contributed by atoms with Crippen molar-refractivity contribution >= 4 is 34.5 Å². The Morgan fingerprint density at radius 2 is 1.90 bits per heavy atom. The fourth-order valence-electron chi connectivity index (χ4n) is 2.90. The number of thioether (sulfide) groups is 1. The maximum atomic E-state index is 12.7. The molecule has 0 saturated carbocycles. The van der Waals surface area contributed by atoms with Crippen LogP contribution in [-0.4, -0.2) is 78.6 Å². The molecule has 1 aliphatic heterocycles. The molecule has 3 atom stereocenters. The van der Waals surface area contributed by atoms with Crippen molar-refractivity contribution in [1.82, 2.24) is 10.6 Å². The van der Waals surface area contributed by atoms with E-state index in [9.17, 15) is 24.3 Å². The molecule has 178 valence electrons. The van der Waals surface area contributed by atoms with Gasteiger partial charge in [0.1, 0.15) is 11.9 Å². The second-order valence-electron chi connectivity index (χ2n) is 8.21. The lowest BCUT2D eigenvalue weighted by atomic mass is 9.85. The van der Waals surface area contributed by atoms with E-state index < -0.39 is 29.5 Å². The number of Topliss-reactive ketones (excluding diaryl/α,β-unsaturated/α-hetero) is 1. The smallest absolute Gasteiger partial charge is 0.285 e. The minimum absolute atomic E-state index is 0.0404. The van der Waals surface area contributed by atoms with Gasteiger partial charge in [-0.15, -0.1) is 0 Å². The van der Waals surface area contributed by atoms with Crippen LogP contribution in [0.15, 0.2) is 0 Å². The first-order valence-corrected chi connectivity index (χ1v) is 11.1. The van der Waals surface area contributed by atoms with Crippen LogP contribution in [0, 0.1) is 5.41 Å². The Balaban J connectivity index is 2.43. The van der Waals surface area contributed by atoms with Crippen LogP contribution < -0.4 is 10.6 Å². The maximum Gasteiger partial charge on any atom is 0.285 e. The van der Waals surface area contributed by atoms with Crippen LogP contribution in [0.4, 0.5) is 0 Å². The van der Waals surface area contributed by atoms with Gasteiger partial charge in [-0.25, -0.2) is 0 Å². The number of amides is 2. The summed E-state index contributed by atoms with van der Waals surface area (Å²) in [4.78, 5) is 46.9. The summed E-state index contributed by atoms with van der Waals surface area (Å²) in [5.41, 5.74) is -0.642. The lowest BCUT2D eigenvalue weighted by Gasteiger charge is -2.46. The standard InChI is InChI=1S/C20H34N2O8S/c1-13(23)10-16(26)31-9-8-21-15(25)6-7-22-18(27)17-19(3,4)12-29-20(28-5,30-17)11-14(2)24/h14,17,24H,6-12H2,1-5H3,(H,21,25)(H,22,27)/t14?,17-,20?/m0/s1. The second kappa shape index (κ2) is 12.5. The molecular weight excluding hydrogens is 428 g/mol. The molecule has 1 fully saturated rings. The number of carbonyl (C=O) groups is 4. The van der Waals surface area contributed by atoms with E-state index in [-0.39, 0.29) is 55.8 Å². The van der Waals surface area contributed by atoms with Gasteiger partial charge in [0, 0.05) is 37.8 Å². The van der Waals surface area contributed by atoms with Crippen LogP contribution in [0.25, 0.3) is 0 Å². The molecule has 0 spiro atoms. The zero-order chi connectivity index (χ0) is 23.7. The van der Waals surface area contributed by atoms with Gasteiger partial charge in [0.15, 0.2) is 5.12 Å². The molecule has 0 radical (unpaired) electrons. The zero-order valence-corrected chi connectivity index (χ0v) is 19.6. The third-order valence-corrected chi connectivity index (χ3v) is 5.37. The van der Waals surface area contributed by atoms with Gasteiger partial charge in [0.2, 0.25) is 11.8 Å². The third-order valence-electron chi connectivity index (χ3n) is 4.50. The summed E-state index contributed by atoms with van der Waals surface area (Å²) in [6, 6.07) is 0. The van der Waals surface area contributed by atoms with Gasteiger partial charge < -0.3 is 30.0 Å². The highest BCUT2D eigenvalue weighted by molar-refractivity contribution is 8.13. The van der Waals surface area contributed by atoms with Crippen LogP contribution >= 0.6 is 11.8 Å². The van der Waals surface area contributed by atoms with Gasteiger partial charge in [-0.05, 0) is 13.8 Å². The maximum absolute atomic E-state index is 12.7. The van der Waals surface area contributed by atoms with Crippen molar-refractivity contribution in [2.24, 2.45) is 5.41 Å². The number of methoxy groups -OCH3 is 1. The Kier molecular flexibility index (Phi) is 11.1. The number of aliphatic hydroxyl groups is 1. The van der Waals surface area contributed by atoms with Crippen LogP contribution in [0.3, 0.4) is 0 Å². The molecule has 1 rings (SSSR count). The van der Waals surface area contributed by atoms with Crippen molar-refractivity contribution < 1.29 is 38.5 Å². The monoisotopic (exact) mass is 462 g/mol. The Labute approximate surface area is 187 Å². The number of hydrogen-bond acceptors (Lipinski definition) is 9. The molecule has 1 aliphatic rings. The summed E-state index contributed by atoms with van der Waals surface area (Å²) < 4.78 is 16.8. The Bertz CT molecular complexity index is 655. The molecule has 0 bridgehead atoms. The lowest BCUT2D eigenvalue weighted by molar-refractivity contribution is -0.429. The van der Waals surface area contributed by atoms with Crippen LogP contribution in [-0.2, 0) is 33.4 Å². The van der Waals surface area contributed by atoms with E-state index in [0.29, 0.717) is 5.75 Å². The molecule has 1 heterocycles. The molecule has 11 heteroatoms. The van der Waals surface area contributed by atoms with Gasteiger partial charge in [-0.2, -0.15) is 0 Å². The predicted molar refractivity (Wildman–Crippen MR) is 114 cm³/mol. The molecule has 2 unspecified atom stereocenters. The highest BCUT2D eigenvalue weighted by Crippen LogP contribution is 2.38. The first kappa shape index (κ1) is 27.5. The summed E-state index contributed by atoms with van der Waals surface area (Å²) in [6.45, 7) is 7.13. The minimum Gasteiger partial charge on any atom is -0.393 e. The highest BCUT2D eigenvalue weighted by Gasteiger charge is 2.50. The average Bonchev–Trinajstić information content (AvgIpc) is 2.65. The summed E-state index contributed by atoms with van der Waals surface area (Å²) in [5, 5.41) is 14.8. The summed E-state index contributed by atoms with van der Waals surface area (Å²) >= 11 is 0.998. The molecule has 1 saturated heterocycles. The van der Waals surface area contributed by atoms with Crippen molar-refractivity contribution in [2.75, 3.05) is 32.6 Å². The summed E-state index contributed by atoms with van der Waals surface area (Å²) in [7, 11) is 1.38. The number of ketones is 1. The Morgan fingerprint density at radius 3 is 2.48 bits per heavy atom. The number of rotatable bonds is 12. The first-order valence-electron chi connectivity index (χ1n) is 10.2. The van der Waals surface area contributed by atoms with Crippen molar-refractivity contribution in [2.45, 2.75) is 65.1 Å². The van der Waals surface area contributed by atoms with Crippen molar-refractivity contribution in [3.05, 3.63) is 0 Å². The third kappa shape index (κ3) is 9.65. The van der Waals surface area contributed by atoms with Gasteiger partial charge in [-0.3, -0.25) is 19.2 Å². The topological polar surface area (TPSA) is 140 Å². The highest BCUT2D eigenvalue weighted by atomic mass is 32.2. The van der Waals surface area contributed by atoms with E-state index in [1.54, 1.807) is 6.92 Å². The van der Waals surface area contributed by atoms with Crippen molar-refractivity contribution in [3.63, 3.8) is 0 Å². The van der Waals surface area contributed by atoms with Gasteiger partial charge in [0.05, 0.1) is 25.6 Å². The fourth-order valence-corrected chi connectivity index (χ4v) is 3.64. The van der Waals surface area contributed by atoms with E-state index in [2.05, 4.69) is 10.6 Å². The number of hydrogen-bond donors (Lipinski definition) is 3. The molecule has 0 aromatic heterocycles. The molecule has 0 aromatic carbocycles. The quantitative estimate of drug-likeness (QED) is 0.277. The van der Waals surface area contributed by atoms with Gasteiger partial charge in [-0.1, -0.05) is 25.6 Å². The van der Waals surface area contributed by atoms with Crippen molar-refractivity contribution in [1.29, 1.82) is 0 Å². The van der Waals surface area contributed by atoms with Gasteiger partial charge in [0.25, 0.3) is 5.97 Å². The first-order chi connectivity index (χ1) is 14.4. The van der Waals surface area contributed by atoms with E-state index >= 15 is 0 Å². The number of carbonyl (C=O) groups excluding carboxylic acids is 4. The predicted octanol–water partition coefficient (Wildman–Crippen LogP) is 0.361. The number of ether oxygens (including phenoxy) is 3. The van der Waals surface area contributed by atoms with E-state index in [1.165, 1.54) is 14.0 Å². The van der Waals surface area contributed by atoms with E-state index in [4.69, 9.17) is 14.2 Å². The Morgan fingerprint density at radius 1 is 1.23 bits per heavy atom. The molecule has 3 N–H and O–H groups in total. The SMILES string of the molecule is COC1(CC(C)O)OCC(C)(C)[C@H](C(=O)NCCC(=O)NCCSC(=O)CC(C)=O)O1. The van der Waals surface area contributed by atoms with Crippen LogP contribution in [0.1, 0.15) is 47.0 Å². The summed E-state index contributed by atoms with van der Waals surface area (Å²) in [6.07, 6.45) is -1.67. The second-order valence-corrected chi connectivity index (χ2v) is 9.36. The fraction of sp³-hybridized carbons (Fsp3) is 0.800. The molecule has 10 nitrogen and oxygen atoms in total. The minimum atomic E-state index is -1.51. The van der Waals surface area contributed by atoms with E-state index in [0.717, 1.165) is 11.8 Å². The normalized spacial score (nSPS) is 23.6. The van der Waals surface area contributed by atoms with Gasteiger partial charge >= 0.3 is 0 Å². The molecule has 2 amide bonds. The van der Waals surface area contributed by atoms with Crippen molar-refractivity contribution in [3.8, 4) is 0 Å². The molecule has 31 heavy (non-hydrogen) atoms. The Hall–Kier alpha value is -1.53. The molecular formula is C20H34N2O8S. The van der Waals surface area contributed by atoms with Crippen LogP contribution in [0.5, 0.6) is 0 Å². The van der Waals surface area contributed by atoms with E-state index in [1.807, 2.05) is 13.8 Å². The number of aliphatic hydroxyl groups excluding tert-OH is 1. The number of nitrogens with one attached hydrogen (secondary N) is 2. The lowest BCUT2D eigenvalue weighted by Crippen LogP contribution is -2.59. The molecule has 0 aliphatic carbocycles. The average molecular weight is 463 g/mol. The largest absolute Gasteiger partial charge is 0.393 e. The van der Waals surface area contributed by atoms with Crippen LogP contribution in [0.2, 0.25) is 0 Å². The molecule has 0 aromatic rings.